The molecular weight excluding hydrogens is 392 g/mol. The van der Waals surface area contributed by atoms with Gasteiger partial charge in [-0.3, -0.25) is 9.59 Å². The first kappa shape index (κ1) is 20.4. The van der Waals surface area contributed by atoms with Crippen LogP contribution in [0.15, 0.2) is 96.6 Å². The van der Waals surface area contributed by atoms with E-state index in [2.05, 4.69) is 24.3 Å². The van der Waals surface area contributed by atoms with Gasteiger partial charge < -0.3 is 0 Å². The number of rotatable bonds is 2. The summed E-state index contributed by atoms with van der Waals surface area (Å²) in [6.07, 6.45) is 2.08. The first-order chi connectivity index (χ1) is 15.4. The van der Waals surface area contributed by atoms with E-state index in [-0.39, 0.29) is 17.5 Å². The molecule has 3 unspecified atom stereocenters. The van der Waals surface area contributed by atoms with Gasteiger partial charge in [-0.25, -0.2) is 0 Å². The molecule has 0 amide bonds. The Morgan fingerprint density at radius 3 is 1.97 bits per heavy atom. The first-order valence-electron chi connectivity index (χ1n) is 11.2. The number of hydrogen-bond acceptors (Lipinski definition) is 2. The summed E-state index contributed by atoms with van der Waals surface area (Å²) in [4.78, 5) is 28.0. The molecular formula is C30H26O2. The molecule has 3 atom stereocenters. The number of Topliss-reactive ketones (excluding diaryl/α,β-unsaturated/α-hetero) is 2. The Bertz CT molecular complexity index is 1280. The molecule has 2 aliphatic carbocycles. The fourth-order valence-corrected chi connectivity index (χ4v) is 5.61. The number of benzene rings is 3. The standard InChI is InChI=1S/C30H26O2/c1-19-18-24(21-12-6-4-7-13-21)23-16-10-11-17-25(23)30(3)27(28(19)31)20(2)26(29(30)32)22-14-8-5-9-15-22/h4-19,27H,1-3H3/b24-18-. The van der Waals surface area contributed by atoms with Crippen LogP contribution in [0.3, 0.4) is 0 Å². The van der Waals surface area contributed by atoms with Gasteiger partial charge in [-0.15, -0.1) is 0 Å². The van der Waals surface area contributed by atoms with Crippen LogP contribution in [0.5, 0.6) is 0 Å². The molecule has 0 bridgehead atoms. The quantitative estimate of drug-likeness (QED) is 0.492. The maximum Gasteiger partial charge on any atom is 0.174 e. The van der Waals surface area contributed by atoms with Crippen LogP contribution in [-0.4, -0.2) is 11.6 Å². The smallest absolute Gasteiger partial charge is 0.174 e. The van der Waals surface area contributed by atoms with E-state index in [1.54, 1.807) is 0 Å². The molecule has 158 valence electrons. The van der Waals surface area contributed by atoms with E-state index in [1.165, 1.54) is 0 Å². The second-order valence-electron chi connectivity index (χ2n) is 9.07. The summed E-state index contributed by atoms with van der Waals surface area (Å²) in [6, 6.07) is 28.0. The van der Waals surface area contributed by atoms with Gasteiger partial charge in [0.15, 0.2) is 5.78 Å². The largest absolute Gasteiger partial charge is 0.298 e. The molecule has 0 saturated heterocycles. The van der Waals surface area contributed by atoms with Gasteiger partial charge in [-0.05, 0) is 41.7 Å². The molecule has 3 aromatic rings. The number of carbonyl (C=O) groups excluding carboxylic acids is 2. The third-order valence-electron chi connectivity index (χ3n) is 7.18. The average Bonchev–Trinajstić information content (AvgIpc) is 3.02. The number of fused-ring (bicyclic) bond motifs is 3. The van der Waals surface area contributed by atoms with Gasteiger partial charge >= 0.3 is 0 Å². The summed E-state index contributed by atoms with van der Waals surface area (Å²) >= 11 is 0. The van der Waals surface area contributed by atoms with Gasteiger partial charge in [-0.2, -0.15) is 0 Å². The van der Waals surface area contributed by atoms with Crippen molar-refractivity contribution < 1.29 is 9.59 Å². The molecule has 0 radical (unpaired) electrons. The molecule has 5 rings (SSSR count). The van der Waals surface area contributed by atoms with E-state index >= 15 is 0 Å². The monoisotopic (exact) mass is 418 g/mol. The van der Waals surface area contributed by atoms with E-state index in [0.29, 0.717) is 5.57 Å². The van der Waals surface area contributed by atoms with Crippen LogP contribution < -0.4 is 0 Å². The van der Waals surface area contributed by atoms with E-state index in [1.807, 2.05) is 87.5 Å². The summed E-state index contributed by atoms with van der Waals surface area (Å²) in [5, 5.41) is 0. The van der Waals surface area contributed by atoms with Crippen molar-refractivity contribution in [2.24, 2.45) is 11.8 Å². The predicted molar refractivity (Wildman–Crippen MR) is 129 cm³/mol. The minimum absolute atomic E-state index is 0.0357. The van der Waals surface area contributed by atoms with Crippen LogP contribution in [-0.2, 0) is 15.0 Å². The number of allylic oxidation sites excluding steroid dienone is 3. The van der Waals surface area contributed by atoms with Crippen molar-refractivity contribution in [2.45, 2.75) is 26.2 Å². The van der Waals surface area contributed by atoms with Crippen LogP contribution in [0.1, 0.15) is 43.0 Å². The van der Waals surface area contributed by atoms with Crippen molar-refractivity contribution >= 4 is 22.7 Å². The Kier molecular flexibility index (Phi) is 4.82. The zero-order chi connectivity index (χ0) is 22.5. The lowest BCUT2D eigenvalue weighted by atomic mass is 9.64. The highest BCUT2D eigenvalue weighted by molar-refractivity contribution is 6.31. The molecule has 2 nitrogen and oxygen atoms in total. The molecule has 0 N–H and O–H groups in total. The van der Waals surface area contributed by atoms with Crippen LogP contribution in [0.25, 0.3) is 11.1 Å². The molecule has 2 aliphatic rings. The zero-order valence-corrected chi connectivity index (χ0v) is 18.6. The normalized spacial score (nSPS) is 26.7. The number of ketones is 2. The molecule has 2 heteroatoms. The minimum Gasteiger partial charge on any atom is -0.298 e. The summed E-state index contributed by atoms with van der Waals surface area (Å²) < 4.78 is 0. The fraction of sp³-hybridized carbons (Fsp3) is 0.200. The number of hydrogen-bond donors (Lipinski definition) is 0. The zero-order valence-electron chi connectivity index (χ0n) is 18.6. The Balaban J connectivity index is 1.80. The summed E-state index contributed by atoms with van der Waals surface area (Å²) in [7, 11) is 0. The highest BCUT2D eigenvalue weighted by Gasteiger charge is 2.56. The van der Waals surface area contributed by atoms with Gasteiger partial charge in [0.25, 0.3) is 0 Å². The van der Waals surface area contributed by atoms with Crippen LogP contribution in [0.2, 0.25) is 0 Å². The van der Waals surface area contributed by atoms with Crippen molar-refractivity contribution in [1.82, 2.24) is 0 Å². The van der Waals surface area contributed by atoms with E-state index < -0.39 is 11.3 Å². The molecule has 0 fully saturated rings. The van der Waals surface area contributed by atoms with Crippen molar-refractivity contribution in [2.75, 3.05) is 0 Å². The summed E-state index contributed by atoms with van der Waals surface area (Å²) in [5.74, 6) is -0.642. The molecule has 0 spiro atoms. The Morgan fingerprint density at radius 2 is 1.31 bits per heavy atom. The fourth-order valence-electron chi connectivity index (χ4n) is 5.61. The molecule has 0 heterocycles. The van der Waals surface area contributed by atoms with Gasteiger partial charge in [0.1, 0.15) is 5.78 Å². The Morgan fingerprint density at radius 1 is 0.750 bits per heavy atom. The highest BCUT2D eigenvalue weighted by Crippen LogP contribution is 2.53. The second-order valence-corrected chi connectivity index (χ2v) is 9.07. The molecule has 0 aromatic heterocycles. The summed E-state index contributed by atoms with van der Waals surface area (Å²) in [5.41, 5.74) is 5.54. The van der Waals surface area contributed by atoms with Crippen LogP contribution in [0.4, 0.5) is 0 Å². The molecule has 3 aromatic carbocycles. The third-order valence-corrected chi connectivity index (χ3v) is 7.18. The Hall–Kier alpha value is -3.52. The van der Waals surface area contributed by atoms with Crippen LogP contribution in [0, 0.1) is 11.8 Å². The van der Waals surface area contributed by atoms with Crippen molar-refractivity contribution in [3.63, 3.8) is 0 Å². The second kappa shape index (κ2) is 7.56. The maximum atomic E-state index is 14.2. The van der Waals surface area contributed by atoms with Gasteiger partial charge in [0, 0.05) is 11.5 Å². The molecule has 0 saturated carbocycles. The predicted octanol–water partition coefficient (Wildman–Crippen LogP) is 6.27. The van der Waals surface area contributed by atoms with E-state index in [9.17, 15) is 9.59 Å². The Labute approximate surface area is 189 Å². The lowest BCUT2D eigenvalue weighted by Gasteiger charge is -2.36. The third kappa shape index (κ3) is 2.86. The lowest BCUT2D eigenvalue weighted by Crippen LogP contribution is -2.43. The summed E-state index contributed by atoms with van der Waals surface area (Å²) in [6.45, 7) is 5.89. The topological polar surface area (TPSA) is 34.1 Å². The lowest BCUT2D eigenvalue weighted by molar-refractivity contribution is -0.129. The SMILES string of the molecule is CC1=C(c2ccccc2)C(=O)C2(C)c3ccccc3/C(c3ccccc3)=C\C(C)C(=O)C12. The van der Waals surface area contributed by atoms with Crippen molar-refractivity contribution in [3.8, 4) is 0 Å². The van der Waals surface area contributed by atoms with Gasteiger partial charge in [-0.1, -0.05) is 104 Å². The molecule has 32 heavy (non-hydrogen) atoms. The molecule has 0 aliphatic heterocycles. The number of carbonyl (C=O) groups is 2. The van der Waals surface area contributed by atoms with Gasteiger partial charge in [0.05, 0.1) is 11.3 Å². The van der Waals surface area contributed by atoms with Crippen molar-refractivity contribution in [3.05, 3.63) is 119 Å². The van der Waals surface area contributed by atoms with E-state index in [0.717, 1.165) is 33.4 Å². The average molecular weight is 419 g/mol. The highest BCUT2D eigenvalue weighted by atomic mass is 16.1. The maximum absolute atomic E-state index is 14.2. The van der Waals surface area contributed by atoms with Crippen molar-refractivity contribution in [1.29, 1.82) is 0 Å². The van der Waals surface area contributed by atoms with E-state index in [4.69, 9.17) is 0 Å². The minimum atomic E-state index is -0.939. The first-order valence-corrected chi connectivity index (χ1v) is 11.2. The van der Waals surface area contributed by atoms with Crippen LogP contribution >= 0.6 is 0 Å². The van der Waals surface area contributed by atoms with Gasteiger partial charge in [0.2, 0.25) is 0 Å².